The molecule has 0 bridgehead atoms. The van der Waals surface area contributed by atoms with Crippen LogP contribution >= 0.6 is 0 Å². The summed E-state index contributed by atoms with van der Waals surface area (Å²) in [6.07, 6.45) is 0.827. The third kappa shape index (κ3) is 3.66. The molecule has 0 aromatic heterocycles. The Balaban J connectivity index is 1.73. The van der Waals surface area contributed by atoms with Gasteiger partial charge in [0.25, 0.3) is 0 Å². The van der Waals surface area contributed by atoms with E-state index >= 15 is 0 Å². The van der Waals surface area contributed by atoms with E-state index in [0.717, 1.165) is 23.4 Å². The number of benzene rings is 2. The van der Waals surface area contributed by atoms with Crippen molar-refractivity contribution in [2.45, 2.75) is 6.42 Å². The average molecular weight is 313 g/mol. The first-order valence-corrected chi connectivity index (χ1v) is 7.88. The number of nitrogens with one attached hydrogen (secondary N) is 1. The SMILES string of the molecule is COc1ccc(NCC2(CO)COC2)cc1Cc1ccccc1. The topological polar surface area (TPSA) is 50.7 Å². The summed E-state index contributed by atoms with van der Waals surface area (Å²) in [6.45, 7) is 2.08. The fourth-order valence-electron chi connectivity index (χ4n) is 2.77. The quantitative estimate of drug-likeness (QED) is 0.825. The van der Waals surface area contributed by atoms with Crippen molar-refractivity contribution in [3.63, 3.8) is 0 Å². The maximum Gasteiger partial charge on any atom is 0.122 e. The van der Waals surface area contributed by atoms with Crippen molar-refractivity contribution in [1.29, 1.82) is 0 Å². The van der Waals surface area contributed by atoms with Crippen LogP contribution in [0.2, 0.25) is 0 Å². The molecular formula is C19H23NO3. The van der Waals surface area contributed by atoms with Gasteiger partial charge in [0, 0.05) is 24.2 Å². The highest BCUT2D eigenvalue weighted by molar-refractivity contribution is 5.52. The zero-order valence-corrected chi connectivity index (χ0v) is 13.4. The molecule has 4 nitrogen and oxygen atoms in total. The van der Waals surface area contributed by atoms with Gasteiger partial charge in [-0.1, -0.05) is 30.3 Å². The van der Waals surface area contributed by atoms with Gasteiger partial charge in [0.05, 0.1) is 32.3 Å². The molecule has 0 aliphatic carbocycles. The van der Waals surface area contributed by atoms with Crippen LogP contribution in [0, 0.1) is 5.41 Å². The summed E-state index contributed by atoms with van der Waals surface area (Å²) >= 11 is 0. The molecule has 1 fully saturated rings. The number of hydrogen-bond acceptors (Lipinski definition) is 4. The molecule has 2 N–H and O–H groups in total. The molecule has 1 aliphatic rings. The molecule has 122 valence electrons. The van der Waals surface area contributed by atoms with Gasteiger partial charge in [0.2, 0.25) is 0 Å². The second-order valence-electron chi connectivity index (χ2n) is 6.19. The Bertz CT molecular complexity index is 633. The third-order valence-electron chi connectivity index (χ3n) is 4.34. The number of anilines is 1. The van der Waals surface area contributed by atoms with Crippen molar-refractivity contribution >= 4 is 5.69 Å². The van der Waals surface area contributed by atoms with Gasteiger partial charge in [-0.25, -0.2) is 0 Å². The van der Waals surface area contributed by atoms with Crippen LogP contribution in [-0.4, -0.2) is 38.6 Å². The number of aliphatic hydroxyl groups is 1. The second kappa shape index (κ2) is 7.02. The zero-order chi connectivity index (χ0) is 16.1. The van der Waals surface area contributed by atoms with Crippen LogP contribution in [0.3, 0.4) is 0 Å². The van der Waals surface area contributed by atoms with Crippen molar-refractivity contribution in [3.8, 4) is 5.75 Å². The summed E-state index contributed by atoms with van der Waals surface area (Å²) in [7, 11) is 1.70. The number of hydrogen-bond donors (Lipinski definition) is 2. The normalized spacial score (nSPS) is 15.7. The van der Waals surface area contributed by atoms with E-state index in [1.807, 2.05) is 30.3 Å². The minimum Gasteiger partial charge on any atom is -0.496 e. The summed E-state index contributed by atoms with van der Waals surface area (Å²) < 4.78 is 10.7. The van der Waals surface area contributed by atoms with E-state index in [0.29, 0.717) is 19.8 Å². The van der Waals surface area contributed by atoms with Crippen LogP contribution in [0.15, 0.2) is 48.5 Å². The van der Waals surface area contributed by atoms with E-state index in [1.165, 1.54) is 5.56 Å². The Labute approximate surface area is 137 Å². The molecule has 0 spiro atoms. The number of ether oxygens (including phenoxy) is 2. The second-order valence-corrected chi connectivity index (χ2v) is 6.19. The molecule has 2 aromatic rings. The van der Waals surface area contributed by atoms with Crippen LogP contribution in [0.4, 0.5) is 5.69 Å². The van der Waals surface area contributed by atoms with E-state index in [9.17, 15) is 5.11 Å². The van der Waals surface area contributed by atoms with Crippen LogP contribution < -0.4 is 10.1 Å². The minimum absolute atomic E-state index is 0.139. The third-order valence-corrected chi connectivity index (χ3v) is 4.34. The molecule has 0 radical (unpaired) electrons. The minimum atomic E-state index is -0.139. The highest BCUT2D eigenvalue weighted by Crippen LogP contribution is 2.29. The predicted octanol–water partition coefficient (Wildman–Crippen LogP) is 2.71. The number of methoxy groups -OCH3 is 1. The first-order chi connectivity index (χ1) is 11.2. The fraction of sp³-hybridized carbons (Fsp3) is 0.368. The summed E-state index contributed by atoms with van der Waals surface area (Å²) in [4.78, 5) is 0. The Morgan fingerprint density at radius 3 is 2.57 bits per heavy atom. The average Bonchev–Trinajstić information content (AvgIpc) is 2.55. The van der Waals surface area contributed by atoms with E-state index in [-0.39, 0.29) is 12.0 Å². The van der Waals surface area contributed by atoms with Gasteiger partial charge in [0.1, 0.15) is 5.75 Å². The van der Waals surface area contributed by atoms with Crippen molar-refractivity contribution < 1.29 is 14.6 Å². The predicted molar refractivity (Wildman–Crippen MR) is 91.1 cm³/mol. The summed E-state index contributed by atoms with van der Waals surface area (Å²) in [5.41, 5.74) is 3.30. The lowest BCUT2D eigenvalue weighted by Gasteiger charge is -2.40. The molecule has 0 amide bonds. The molecule has 4 heteroatoms. The zero-order valence-electron chi connectivity index (χ0n) is 13.4. The molecule has 3 rings (SSSR count). The molecule has 0 unspecified atom stereocenters. The van der Waals surface area contributed by atoms with Crippen molar-refractivity contribution in [1.82, 2.24) is 0 Å². The van der Waals surface area contributed by atoms with Gasteiger partial charge in [-0.15, -0.1) is 0 Å². The number of rotatable bonds is 7. The lowest BCUT2D eigenvalue weighted by Crippen LogP contribution is -2.50. The lowest BCUT2D eigenvalue weighted by molar-refractivity contribution is -0.128. The molecular weight excluding hydrogens is 290 g/mol. The van der Waals surface area contributed by atoms with E-state index in [4.69, 9.17) is 9.47 Å². The Morgan fingerprint density at radius 2 is 1.96 bits per heavy atom. The molecule has 0 atom stereocenters. The van der Waals surface area contributed by atoms with Crippen molar-refractivity contribution in [2.75, 3.05) is 38.8 Å². The molecule has 23 heavy (non-hydrogen) atoms. The van der Waals surface area contributed by atoms with Crippen LogP contribution in [0.25, 0.3) is 0 Å². The van der Waals surface area contributed by atoms with Gasteiger partial charge in [-0.05, 0) is 23.8 Å². The van der Waals surface area contributed by atoms with Gasteiger partial charge >= 0.3 is 0 Å². The summed E-state index contributed by atoms with van der Waals surface area (Å²) in [5, 5.41) is 12.9. The van der Waals surface area contributed by atoms with Gasteiger partial charge in [0.15, 0.2) is 0 Å². The highest BCUT2D eigenvalue weighted by Gasteiger charge is 2.37. The van der Waals surface area contributed by atoms with E-state index < -0.39 is 0 Å². The Morgan fingerprint density at radius 1 is 1.17 bits per heavy atom. The largest absolute Gasteiger partial charge is 0.496 e. The van der Waals surface area contributed by atoms with Gasteiger partial charge < -0.3 is 19.9 Å². The van der Waals surface area contributed by atoms with Crippen LogP contribution in [-0.2, 0) is 11.2 Å². The number of aliphatic hydroxyl groups excluding tert-OH is 1. The summed E-state index contributed by atoms with van der Waals surface area (Å²) in [6, 6.07) is 16.5. The first kappa shape index (κ1) is 15.8. The smallest absolute Gasteiger partial charge is 0.122 e. The van der Waals surface area contributed by atoms with Crippen molar-refractivity contribution in [2.24, 2.45) is 5.41 Å². The Hall–Kier alpha value is -2.04. The lowest BCUT2D eigenvalue weighted by atomic mass is 9.87. The maximum atomic E-state index is 9.51. The highest BCUT2D eigenvalue weighted by atomic mass is 16.5. The summed E-state index contributed by atoms with van der Waals surface area (Å²) in [5.74, 6) is 0.892. The molecule has 1 saturated heterocycles. The molecule has 1 heterocycles. The standard InChI is InChI=1S/C19H23NO3/c1-22-18-8-7-17(20-11-19(12-21)13-23-14-19)10-16(18)9-15-5-3-2-4-6-15/h2-8,10,20-21H,9,11-14H2,1H3. The van der Waals surface area contributed by atoms with Gasteiger partial charge in [-0.3, -0.25) is 0 Å². The maximum absolute atomic E-state index is 9.51. The first-order valence-electron chi connectivity index (χ1n) is 7.88. The van der Waals surface area contributed by atoms with Gasteiger partial charge in [-0.2, -0.15) is 0 Å². The van der Waals surface area contributed by atoms with E-state index in [2.05, 4.69) is 23.5 Å². The molecule has 0 saturated carbocycles. The fourth-order valence-corrected chi connectivity index (χ4v) is 2.77. The van der Waals surface area contributed by atoms with Crippen LogP contribution in [0.1, 0.15) is 11.1 Å². The monoisotopic (exact) mass is 313 g/mol. The Kier molecular flexibility index (Phi) is 4.84. The van der Waals surface area contributed by atoms with Crippen molar-refractivity contribution in [3.05, 3.63) is 59.7 Å². The van der Waals surface area contributed by atoms with E-state index in [1.54, 1.807) is 7.11 Å². The molecule has 1 aliphatic heterocycles. The molecule has 2 aromatic carbocycles. The van der Waals surface area contributed by atoms with Crippen LogP contribution in [0.5, 0.6) is 5.75 Å².